The molecule has 164 valence electrons. The SMILES string of the molecule is COc1ccccc1C(=O)NNc1ncnc(NNC(=O)c2ccccc2F)c1[N+](=O)[O-]. The average molecular weight is 441 g/mol. The molecule has 12 nitrogen and oxygen atoms in total. The molecule has 1 aromatic heterocycles. The third kappa shape index (κ3) is 4.84. The van der Waals surface area contributed by atoms with Crippen LogP contribution < -0.4 is 26.4 Å². The van der Waals surface area contributed by atoms with Crippen molar-refractivity contribution in [1.29, 1.82) is 0 Å². The van der Waals surface area contributed by atoms with Gasteiger partial charge in [0.2, 0.25) is 11.6 Å². The van der Waals surface area contributed by atoms with Crippen molar-refractivity contribution in [3.63, 3.8) is 0 Å². The quantitative estimate of drug-likeness (QED) is 0.303. The number of anilines is 2. The summed E-state index contributed by atoms with van der Waals surface area (Å²) in [5.74, 6) is -2.76. The maximum absolute atomic E-state index is 13.7. The molecule has 0 saturated carbocycles. The van der Waals surface area contributed by atoms with Crippen LogP contribution in [0.15, 0.2) is 54.9 Å². The lowest BCUT2D eigenvalue weighted by atomic mass is 10.2. The van der Waals surface area contributed by atoms with E-state index in [2.05, 4.69) is 31.7 Å². The molecular weight excluding hydrogens is 425 g/mol. The number of rotatable bonds is 8. The zero-order valence-electron chi connectivity index (χ0n) is 16.5. The van der Waals surface area contributed by atoms with E-state index < -0.39 is 34.1 Å². The molecule has 4 N–H and O–H groups in total. The van der Waals surface area contributed by atoms with E-state index in [1.165, 1.54) is 31.4 Å². The van der Waals surface area contributed by atoms with Gasteiger partial charge in [0.15, 0.2) is 0 Å². The topological polar surface area (TPSA) is 160 Å². The molecule has 0 radical (unpaired) electrons. The van der Waals surface area contributed by atoms with Crippen molar-refractivity contribution in [2.75, 3.05) is 18.0 Å². The second-order valence-corrected chi connectivity index (χ2v) is 6.01. The van der Waals surface area contributed by atoms with Gasteiger partial charge in [-0.3, -0.25) is 41.4 Å². The predicted octanol–water partition coefficient (Wildman–Crippen LogP) is 2.05. The number of nitrogens with one attached hydrogen (secondary N) is 4. The van der Waals surface area contributed by atoms with E-state index in [0.717, 1.165) is 12.4 Å². The molecule has 0 fully saturated rings. The number of para-hydroxylation sites is 1. The van der Waals surface area contributed by atoms with Crippen LogP contribution in [-0.4, -0.2) is 33.8 Å². The maximum atomic E-state index is 13.7. The van der Waals surface area contributed by atoms with E-state index in [4.69, 9.17) is 4.74 Å². The van der Waals surface area contributed by atoms with Gasteiger partial charge in [-0.05, 0) is 24.3 Å². The Morgan fingerprint density at radius 1 is 0.938 bits per heavy atom. The number of nitrogens with zero attached hydrogens (tertiary/aromatic N) is 3. The number of ether oxygens (including phenoxy) is 1. The van der Waals surface area contributed by atoms with Crippen LogP contribution in [0, 0.1) is 15.9 Å². The first-order chi connectivity index (χ1) is 15.4. The first-order valence-corrected chi connectivity index (χ1v) is 8.92. The van der Waals surface area contributed by atoms with E-state index in [0.29, 0.717) is 5.75 Å². The summed E-state index contributed by atoms with van der Waals surface area (Å²) in [5, 5.41) is 11.6. The van der Waals surface area contributed by atoms with Gasteiger partial charge >= 0.3 is 5.69 Å². The van der Waals surface area contributed by atoms with Crippen LogP contribution in [0.25, 0.3) is 0 Å². The van der Waals surface area contributed by atoms with Crippen LogP contribution in [0.2, 0.25) is 0 Å². The summed E-state index contributed by atoms with van der Waals surface area (Å²) in [4.78, 5) is 42.7. The standard InChI is InChI=1S/C19H16FN7O5/c1-32-14-9-5-3-7-12(14)19(29)26-24-17-15(27(30)31)16(21-10-22-17)23-25-18(28)11-6-2-4-8-13(11)20/h2-10H,1H3,(H,25,28)(H,26,29)(H2,21,22,23,24). The van der Waals surface area contributed by atoms with Crippen LogP contribution in [0.1, 0.15) is 20.7 Å². The summed E-state index contributed by atoms with van der Waals surface area (Å²) in [6.07, 6.45) is 0.960. The Labute approximate surface area is 179 Å². The fraction of sp³-hybridized carbons (Fsp3) is 0.0526. The van der Waals surface area contributed by atoms with Crippen molar-refractivity contribution in [2.45, 2.75) is 0 Å². The molecule has 2 amide bonds. The van der Waals surface area contributed by atoms with Gasteiger partial charge in [0, 0.05) is 0 Å². The van der Waals surface area contributed by atoms with E-state index in [9.17, 15) is 24.1 Å². The first kappa shape index (κ1) is 21.9. The highest BCUT2D eigenvalue weighted by Crippen LogP contribution is 2.28. The van der Waals surface area contributed by atoms with Crippen molar-refractivity contribution < 1.29 is 23.6 Å². The molecule has 1 heterocycles. The van der Waals surface area contributed by atoms with Crippen LogP contribution in [-0.2, 0) is 0 Å². The monoisotopic (exact) mass is 441 g/mol. The largest absolute Gasteiger partial charge is 0.496 e. The van der Waals surface area contributed by atoms with E-state index in [1.807, 2.05) is 0 Å². The number of hydrazine groups is 2. The van der Waals surface area contributed by atoms with Crippen molar-refractivity contribution in [3.05, 3.63) is 81.9 Å². The molecule has 3 rings (SSSR count). The first-order valence-electron chi connectivity index (χ1n) is 8.92. The van der Waals surface area contributed by atoms with Crippen molar-refractivity contribution >= 4 is 29.1 Å². The number of hydrogen-bond donors (Lipinski definition) is 4. The number of amides is 2. The zero-order valence-corrected chi connectivity index (χ0v) is 16.5. The van der Waals surface area contributed by atoms with Gasteiger partial charge in [0.05, 0.1) is 23.2 Å². The zero-order chi connectivity index (χ0) is 23.1. The summed E-state index contributed by atoms with van der Waals surface area (Å²) in [6.45, 7) is 0. The molecule has 0 aliphatic carbocycles. The van der Waals surface area contributed by atoms with Gasteiger partial charge in [0.1, 0.15) is 17.9 Å². The Morgan fingerprint density at radius 2 is 1.47 bits per heavy atom. The number of halogens is 1. The van der Waals surface area contributed by atoms with Crippen LogP contribution in [0.5, 0.6) is 5.75 Å². The molecule has 2 aromatic carbocycles. The fourth-order valence-corrected chi connectivity index (χ4v) is 2.58. The lowest BCUT2D eigenvalue weighted by Gasteiger charge is -2.12. The molecule has 0 bridgehead atoms. The third-order valence-electron chi connectivity index (χ3n) is 4.06. The Morgan fingerprint density at radius 3 is 2.03 bits per heavy atom. The summed E-state index contributed by atoms with van der Waals surface area (Å²) in [6, 6.07) is 11.5. The van der Waals surface area contributed by atoms with Gasteiger partial charge < -0.3 is 4.74 Å². The molecule has 3 aromatic rings. The van der Waals surface area contributed by atoms with Crippen molar-refractivity contribution in [2.24, 2.45) is 0 Å². The molecule has 0 aliphatic rings. The molecule has 0 unspecified atom stereocenters. The lowest BCUT2D eigenvalue weighted by Crippen LogP contribution is -2.32. The molecular formula is C19H16FN7O5. The van der Waals surface area contributed by atoms with E-state index in [1.54, 1.807) is 18.2 Å². The number of hydrogen-bond acceptors (Lipinski definition) is 9. The van der Waals surface area contributed by atoms with E-state index in [-0.39, 0.29) is 16.9 Å². The number of carbonyl (C=O) groups excluding carboxylic acids is 2. The summed E-state index contributed by atoms with van der Waals surface area (Å²) >= 11 is 0. The van der Waals surface area contributed by atoms with Gasteiger partial charge in [-0.15, -0.1) is 0 Å². The molecule has 0 atom stereocenters. The number of aromatic nitrogens is 2. The number of methoxy groups -OCH3 is 1. The normalized spacial score (nSPS) is 10.1. The highest BCUT2D eigenvalue weighted by Gasteiger charge is 2.24. The second-order valence-electron chi connectivity index (χ2n) is 6.01. The molecule has 0 aliphatic heterocycles. The van der Waals surface area contributed by atoms with Gasteiger partial charge in [-0.25, -0.2) is 14.4 Å². The minimum Gasteiger partial charge on any atom is -0.496 e. The third-order valence-corrected chi connectivity index (χ3v) is 4.06. The minimum absolute atomic E-state index is 0.176. The van der Waals surface area contributed by atoms with E-state index >= 15 is 0 Å². The summed E-state index contributed by atoms with van der Waals surface area (Å²) < 4.78 is 18.8. The van der Waals surface area contributed by atoms with Gasteiger partial charge in [0.25, 0.3) is 11.8 Å². The lowest BCUT2D eigenvalue weighted by molar-refractivity contribution is -0.383. The summed E-state index contributed by atoms with van der Waals surface area (Å²) in [5.41, 5.74) is 8.25. The smallest absolute Gasteiger partial charge is 0.356 e. The number of carbonyl (C=O) groups is 2. The Kier molecular flexibility index (Phi) is 6.70. The molecule has 0 spiro atoms. The maximum Gasteiger partial charge on any atom is 0.356 e. The Bertz CT molecular complexity index is 1170. The average Bonchev–Trinajstić information content (AvgIpc) is 2.80. The Balaban J connectivity index is 1.76. The molecule has 13 heteroatoms. The summed E-state index contributed by atoms with van der Waals surface area (Å²) in [7, 11) is 1.39. The van der Waals surface area contributed by atoms with Crippen LogP contribution >= 0.6 is 0 Å². The minimum atomic E-state index is -0.880. The molecule has 0 saturated heterocycles. The van der Waals surface area contributed by atoms with Crippen LogP contribution in [0.3, 0.4) is 0 Å². The Hall–Kier alpha value is -4.81. The molecule has 32 heavy (non-hydrogen) atoms. The van der Waals surface area contributed by atoms with Gasteiger partial charge in [-0.1, -0.05) is 24.3 Å². The van der Waals surface area contributed by atoms with Gasteiger partial charge in [-0.2, -0.15) is 0 Å². The predicted molar refractivity (Wildman–Crippen MR) is 110 cm³/mol. The number of benzene rings is 2. The van der Waals surface area contributed by atoms with Crippen LogP contribution in [0.4, 0.5) is 21.7 Å². The van der Waals surface area contributed by atoms with Crippen molar-refractivity contribution in [1.82, 2.24) is 20.8 Å². The second kappa shape index (κ2) is 9.80. The fourth-order valence-electron chi connectivity index (χ4n) is 2.58. The highest BCUT2D eigenvalue weighted by atomic mass is 19.1. The van der Waals surface area contributed by atoms with Crippen molar-refractivity contribution in [3.8, 4) is 5.75 Å². The highest BCUT2D eigenvalue weighted by molar-refractivity contribution is 5.98. The number of nitro groups is 1.